The number of pyridine rings is 1. The van der Waals surface area contributed by atoms with Gasteiger partial charge in [-0.3, -0.25) is 0 Å². The van der Waals surface area contributed by atoms with E-state index in [1.165, 1.54) is 11.1 Å². The molecule has 4 nitrogen and oxygen atoms in total. The highest BCUT2D eigenvalue weighted by Gasteiger charge is 2.09. The summed E-state index contributed by atoms with van der Waals surface area (Å²) in [7, 11) is 1.81. The molecule has 0 aliphatic rings. The lowest BCUT2D eigenvalue weighted by atomic mass is 10.1. The number of aryl methyl sites for hydroxylation is 2. The molecule has 0 spiro atoms. The Hall–Kier alpha value is -2.80. The fraction of sp³-hybridized carbons (Fsp3) is 0.222. The van der Waals surface area contributed by atoms with Gasteiger partial charge < -0.3 is 9.64 Å². The number of anilines is 1. The van der Waals surface area contributed by atoms with Crippen LogP contribution in [0.15, 0.2) is 49.0 Å². The van der Waals surface area contributed by atoms with Gasteiger partial charge in [0, 0.05) is 13.2 Å². The summed E-state index contributed by atoms with van der Waals surface area (Å²) in [5.74, 6) is 1.12. The third kappa shape index (κ3) is 3.64. The van der Waals surface area contributed by atoms with Crippen LogP contribution in [0.5, 0.6) is 0 Å². The minimum atomic E-state index is 0.452. The predicted molar refractivity (Wildman–Crippen MR) is 87.2 cm³/mol. The maximum atomic E-state index is 8.94. The van der Waals surface area contributed by atoms with Crippen LogP contribution in [0, 0.1) is 25.2 Å². The normalized spacial score (nSPS) is 9.91. The van der Waals surface area contributed by atoms with E-state index < -0.39 is 0 Å². The molecule has 0 radical (unpaired) electrons. The molecule has 1 heterocycles. The molecule has 2 aromatic rings. The maximum Gasteiger partial charge on any atom is 0.187 e. The van der Waals surface area contributed by atoms with E-state index in [0.29, 0.717) is 23.9 Å². The Morgan fingerprint density at radius 2 is 2.09 bits per heavy atom. The lowest BCUT2D eigenvalue weighted by Gasteiger charge is -2.21. The number of rotatable bonds is 5. The quantitative estimate of drug-likeness (QED) is 0.789. The van der Waals surface area contributed by atoms with Crippen LogP contribution in [0.4, 0.5) is 5.82 Å². The summed E-state index contributed by atoms with van der Waals surface area (Å²) in [6.07, 6.45) is 1.60. The summed E-state index contributed by atoms with van der Waals surface area (Å²) in [6.45, 7) is 8.51. The minimum Gasteiger partial charge on any atom is -0.474 e. The van der Waals surface area contributed by atoms with Gasteiger partial charge in [0.2, 0.25) is 0 Å². The Bertz CT molecular complexity index is 731. The van der Waals surface area contributed by atoms with Crippen molar-refractivity contribution in [3.05, 3.63) is 71.2 Å². The second kappa shape index (κ2) is 6.77. The lowest BCUT2D eigenvalue weighted by Crippen LogP contribution is -2.19. The number of benzene rings is 1. The van der Waals surface area contributed by atoms with Gasteiger partial charge >= 0.3 is 0 Å². The molecule has 2 rings (SSSR count). The number of aromatic nitrogens is 1. The van der Waals surface area contributed by atoms with Crippen molar-refractivity contribution in [2.45, 2.75) is 20.5 Å². The first-order valence-corrected chi connectivity index (χ1v) is 6.99. The van der Waals surface area contributed by atoms with E-state index in [2.05, 4.69) is 49.7 Å². The average Bonchev–Trinajstić information content (AvgIpc) is 2.53. The first kappa shape index (κ1) is 15.6. The van der Waals surface area contributed by atoms with Crippen molar-refractivity contribution in [1.29, 1.82) is 5.26 Å². The third-order valence-corrected chi connectivity index (χ3v) is 3.48. The van der Waals surface area contributed by atoms with Gasteiger partial charge in [-0.25, -0.2) is 4.98 Å². The summed E-state index contributed by atoms with van der Waals surface area (Å²) in [4.78, 5) is 5.95. The van der Waals surface area contributed by atoms with Gasteiger partial charge in [-0.05, 0) is 43.7 Å². The van der Waals surface area contributed by atoms with Crippen molar-refractivity contribution in [3.8, 4) is 6.07 Å². The van der Waals surface area contributed by atoms with E-state index in [4.69, 9.17) is 10.00 Å². The first-order valence-electron chi connectivity index (χ1n) is 6.99. The summed E-state index contributed by atoms with van der Waals surface area (Å²) in [5.41, 5.74) is 4.10. The summed E-state index contributed by atoms with van der Waals surface area (Å²) in [5, 5.41) is 8.94. The van der Waals surface area contributed by atoms with Crippen LogP contribution >= 0.6 is 0 Å². The highest BCUT2D eigenvalue weighted by Crippen LogP contribution is 2.18. The minimum absolute atomic E-state index is 0.452. The molecule has 112 valence electrons. The highest BCUT2D eigenvalue weighted by molar-refractivity contribution is 5.47. The molecule has 0 fully saturated rings. The molecule has 0 saturated carbocycles. The Kier molecular flexibility index (Phi) is 4.80. The molecule has 1 aromatic heterocycles. The van der Waals surface area contributed by atoms with Crippen molar-refractivity contribution in [3.63, 3.8) is 0 Å². The van der Waals surface area contributed by atoms with E-state index in [9.17, 15) is 0 Å². The summed E-state index contributed by atoms with van der Waals surface area (Å²) < 4.78 is 5.75. The van der Waals surface area contributed by atoms with Crippen LogP contribution in [0.2, 0.25) is 0 Å². The number of hydrogen-bond acceptors (Lipinski definition) is 4. The Morgan fingerprint density at radius 1 is 1.32 bits per heavy atom. The largest absolute Gasteiger partial charge is 0.474 e. The van der Waals surface area contributed by atoms with Gasteiger partial charge in [0.1, 0.15) is 12.4 Å². The van der Waals surface area contributed by atoms with Crippen molar-refractivity contribution < 1.29 is 4.74 Å². The molecule has 4 heteroatoms. The van der Waals surface area contributed by atoms with Crippen molar-refractivity contribution in [2.75, 3.05) is 11.9 Å². The second-order valence-electron chi connectivity index (χ2n) is 5.19. The lowest BCUT2D eigenvalue weighted by molar-refractivity contribution is 0.194. The Labute approximate surface area is 131 Å². The van der Waals surface area contributed by atoms with Gasteiger partial charge in [0.05, 0.1) is 11.6 Å². The Morgan fingerprint density at radius 3 is 2.77 bits per heavy atom. The first-order chi connectivity index (χ1) is 10.5. The maximum absolute atomic E-state index is 8.94. The van der Waals surface area contributed by atoms with Crippen LogP contribution in [0.3, 0.4) is 0 Å². The average molecular weight is 293 g/mol. The molecular formula is C18H19N3O. The van der Waals surface area contributed by atoms with Crippen molar-refractivity contribution in [2.24, 2.45) is 0 Å². The molecule has 22 heavy (non-hydrogen) atoms. The number of nitriles is 1. The van der Waals surface area contributed by atoms with Gasteiger partial charge in [-0.15, -0.1) is 0 Å². The van der Waals surface area contributed by atoms with Gasteiger partial charge in [0.25, 0.3) is 0 Å². The molecule has 0 amide bonds. The van der Waals surface area contributed by atoms with Crippen LogP contribution < -0.4 is 4.90 Å². The molecule has 0 unspecified atom stereocenters. The van der Waals surface area contributed by atoms with Gasteiger partial charge in [-0.2, -0.15) is 5.26 Å². The molecule has 0 atom stereocenters. The van der Waals surface area contributed by atoms with Crippen LogP contribution in [0.25, 0.3) is 0 Å². The van der Waals surface area contributed by atoms with E-state index in [1.54, 1.807) is 23.2 Å². The van der Waals surface area contributed by atoms with Gasteiger partial charge in [0.15, 0.2) is 5.88 Å². The van der Waals surface area contributed by atoms with E-state index in [1.807, 2.05) is 7.05 Å². The highest BCUT2D eigenvalue weighted by atomic mass is 16.5. The number of nitrogens with zero attached hydrogens (tertiary/aromatic N) is 3. The molecule has 0 aliphatic carbocycles. The monoisotopic (exact) mass is 293 g/mol. The van der Waals surface area contributed by atoms with Crippen LogP contribution in [-0.4, -0.2) is 12.0 Å². The molecule has 0 N–H and O–H groups in total. The smallest absolute Gasteiger partial charge is 0.187 e. The molecular weight excluding hydrogens is 274 g/mol. The zero-order chi connectivity index (χ0) is 16.1. The van der Waals surface area contributed by atoms with E-state index in [-0.39, 0.29) is 0 Å². The summed E-state index contributed by atoms with van der Waals surface area (Å²) in [6, 6.07) is 11.7. The zero-order valence-corrected chi connectivity index (χ0v) is 13.1. The van der Waals surface area contributed by atoms with E-state index in [0.717, 1.165) is 5.56 Å². The SMILES string of the molecule is C=C(OCc1ccc(C)cc1C)N(C)c1cc(C#N)ccn1. The fourth-order valence-electron chi connectivity index (χ4n) is 2.06. The number of ether oxygens (including phenoxy) is 1. The Balaban J connectivity index is 2.04. The summed E-state index contributed by atoms with van der Waals surface area (Å²) >= 11 is 0. The van der Waals surface area contributed by atoms with Crippen molar-refractivity contribution in [1.82, 2.24) is 4.98 Å². The van der Waals surface area contributed by atoms with E-state index >= 15 is 0 Å². The third-order valence-electron chi connectivity index (χ3n) is 3.48. The van der Waals surface area contributed by atoms with Crippen LogP contribution in [-0.2, 0) is 11.3 Å². The topological polar surface area (TPSA) is 49.1 Å². The predicted octanol–water partition coefficient (Wildman–Crippen LogP) is 3.69. The van der Waals surface area contributed by atoms with Crippen LogP contribution in [0.1, 0.15) is 22.3 Å². The number of hydrogen-bond donors (Lipinski definition) is 0. The molecule has 1 aromatic carbocycles. The van der Waals surface area contributed by atoms with Gasteiger partial charge in [-0.1, -0.05) is 23.8 Å². The molecule has 0 bridgehead atoms. The fourth-order valence-corrected chi connectivity index (χ4v) is 2.06. The standard InChI is InChI=1S/C18H19N3O/c1-13-5-6-17(14(2)9-13)12-22-15(3)21(4)18-10-16(11-19)7-8-20-18/h5-10H,3,12H2,1-2,4H3. The molecule has 0 saturated heterocycles. The van der Waals surface area contributed by atoms with Crippen molar-refractivity contribution >= 4 is 5.82 Å². The zero-order valence-electron chi connectivity index (χ0n) is 13.1. The molecule has 0 aliphatic heterocycles. The second-order valence-corrected chi connectivity index (χ2v) is 5.19.